The zero-order chi connectivity index (χ0) is 20.1. The number of benzene rings is 4. The molecule has 5 aromatic rings. The molecule has 1 atom stereocenters. The van der Waals surface area contributed by atoms with Crippen molar-refractivity contribution in [3.63, 3.8) is 0 Å². The number of aromatic nitrogens is 1. The molecule has 1 aromatic heterocycles. The molecule has 6 rings (SSSR count). The van der Waals surface area contributed by atoms with E-state index in [4.69, 9.17) is 0 Å². The van der Waals surface area contributed by atoms with Crippen molar-refractivity contribution in [3.8, 4) is 0 Å². The van der Waals surface area contributed by atoms with Crippen molar-refractivity contribution in [2.75, 3.05) is 11.9 Å². The lowest BCUT2D eigenvalue weighted by Crippen LogP contribution is -2.25. The number of fused-ring (bicyclic) bond motifs is 3. The van der Waals surface area contributed by atoms with E-state index in [1.54, 1.807) is 0 Å². The van der Waals surface area contributed by atoms with Gasteiger partial charge in [0.2, 0.25) is 0 Å². The van der Waals surface area contributed by atoms with Crippen LogP contribution in [0.2, 0.25) is 0 Å². The number of rotatable bonds is 5. The van der Waals surface area contributed by atoms with Crippen LogP contribution in [0.4, 0.5) is 5.69 Å². The zero-order valence-corrected chi connectivity index (χ0v) is 16.8. The molecule has 4 aromatic carbocycles. The molecule has 1 aliphatic rings. The summed E-state index contributed by atoms with van der Waals surface area (Å²) in [4.78, 5) is 0. The molecule has 0 spiro atoms. The quantitative estimate of drug-likeness (QED) is 0.413. The third-order valence-electron chi connectivity index (χ3n) is 6.48. The minimum Gasteiger partial charge on any atom is -0.389 e. The van der Waals surface area contributed by atoms with Gasteiger partial charge in [-0.1, -0.05) is 60.7 Å². The molecule has 3 nitrogen and oxygen atoms in total. The van der Waals surface area contributed by atoms with Gasteiger partial charge in [0.15, 0.2) is 0 Å². The van der Waals surface area contributed by atoms with Gasteiger partial charge in [-0.2, -0.15) is 0 Å². The largest absolute Gasteiger partial charge is 0.389 e. The van der Waals surface area contributed by atoms with E-state index in [-0.39, 0.29) is 0 Å². The predicted molar refractivity (Wildman–Crippen MR) is 125 cm³/mol. The van der Waals surface area contributed by atoms with Crippen molar-refractivity contribution >= 4 is 38.3 Å². The summed E-state index contributed by atoms with van der Waals surface area (Å²) in [5.41, 5.74) is 6.33. The molecule has 0 bridgehead atoms. The van der Waals surface area contributed by atoms with Crippen molar-refractivity contribution in [1.82, 2.24) is 4.57 Å². The zero-order valence-electron chi connectivity index (χ0n) is 16.8. The maximum atomic E-state index is 10.9. The Labute approximate surface area is 175 Å². The van der Waals surface area contributed by atoms with Crippen molar-refractivity contribution in [3.05, 3.63) is 90.0 Å². The van der Waals surface area contributed by atoms with E-state index < -0.39 is 6.10 Å². The van der Waals surface area contributed by atoms with Gasteiger partial charge in [-0.15, -0.1) is 0 Å². The van der Waals surface area contributed by atoms with Gasteiger partial charge in [-0.05, 0) is 47.6 Å². The maximum absolute atomic E-state index is 10.9. The highest BCUT2D eigenvalue weighted by molar-refractivity contribution is 6.08. The first-order valence-electron chi connectivity index (χ1n) is 10.7. The summed E-state index contributed by atoms with van der Waals surface area (Å²) < 4.78 is 2.24. The lowest BCUT2D eigenvalue weighted by molar-refractivity contribution is 0.169. The number of nitrogens with one attached hydrogen (secondary N) is 1. The smallest absolute Gasteiger partial charge is 0.0891 e. The van der Waals surface area contributed by atoms with E-state index >= 15 is 0 Å². The topological polar surface area (TPSA) is 37.2 Å². The van der Waals surface area contributed by atoms with E-state index in [2.05, 4.69) is 88.7 Å². The van der Waals surface area contributed by atoms with E-state index in [9.17, 15) is 5.11 Å². The van der Waals surface area contributed by atoms with Crippen LogP contribution in [0.5, 0.6) is 0 Å². The first-order chi connectivity index (χ1) is 14.8. The molecule has 1 heterocycles. The van der Waals surface area contributed by atoms with Crippen LogP contribution in [0.25, 0.3) is 32.6 Å². The van der Waals surface area contributed by atoms with Crippen LogP contribution < -0.4 is 5.32 Å². The average Bonchev–Trinajstić information content (AvgIpc) is 3.35. The summed E-state index contributed by atoms with van der Waals surface area (Å²) in [6.07, 6.45) is 1.77. The van der Waals surface area contributed by atoms with Crippen molar-refractivity contribution < 1.29 is 5.11 Å². The molecule has 0 radical (unpaired) electrons. The van der Waals surface area contributed by atoms with Gasteiger partial charge >= 0.3 is 0 Å². The Kier molecular flexibility index (Phi) is 4.03. The highest BCUT2D eigenvalue weighted by Crippen LogP contribution is 2.35. The summed E-state index contributed by atoms with van der Waals surface area (Å²) in [5, 5.41) is 19.6. The lowest BCUT2D eigenvalue weighted by Gasteiger charge is -2.17. The minimum atomic E-state index is -0.493. The predicted octanol–water partition coefficient (Wildman–Crippen LogP) is 5.52. The van der Waals surface area contributed by atoms with E-state index in [1.165, 1.54) is 43.7 Å². The van der Waals surface area contributed by atoms with Crippen LogP contribution in [0, 0.1) is 0 Å². The van der Waals surface area contributed by atoms with Gasteiger partial charge in [0.05, 0.1) is 12.6 Å². The Hall–Kier alpha value is -3.30. The molecule has 3 heteroatoms. The average molecular weight is 393 g/mol. The molecule has 1 aliphatic carbocycles. The summed E-state index contributed by atoms with van der Waals surface area (Å²) in [5.74, 6) is 0. The standard InChI is InChI=1S/C27H24N2O/c30-20(16-28-24-15-14-19-13-12-18-6-5-9-23(24)27(18)19)17-29-25-10-3-1-7-21(25)22-8-2-4-11-26(22)29/h1-11,14-15,20,28,30H,12-13,16-17H2/t20-/m1/s1. The second-order valence-corrected chi connectivity index (χ2v) is 8.29. The van der Waals surface area contributed by atoms with Crippen LogP contribution in [-0.2, 0) is 19.4 Å². The van der Waals surface area contributed by atoms with Crippen molar-refractivity contribution in [2.24, 2.45) is 0 Å². The third-order valence-corrected chi connectivity index (χ3v) is 6.48. The number of aliphatic hydroxyl groups is 1. The Morgan fingerprint density at radius 2 is 1.37 bits per heavy atom. The number of anilines is 1. The van der Waals surface area contributed by atoms with Gasteiger partial charge in [0.1, 0.15) is 0 Å². The molecule has 2 N–H and O–H groups in total. The molecule has 0 amide bonds. The van der Waals surface area contributed by atoms with E-state index in [0.717, 1.165) is 18.5 Å². The first kappa shape index (κ1) is 17.5. The number of para-hydroxylation sites is 2. The SMILES string of the molecule is O[C@H](CNc1ccc2c3c(cccc13)CC2)Cn1c2ccccc2c2ccccc21. The van der Waals surface area contributed by atoms with Gasteiger partial charge in [-0.25, -0.2) is 0 Å². The Morgan fingerprint density at radius 3 is 2.10 bits per heavy atom. The van der Waals surface area contributed by atoms with E-state index in [0.29, 0.717) is 13.1 Å². The normalized spacial score (nSPS) is 14.0. The maximum Gasteiger partial charge on any atom is 0.0891 e. The first-order valence-corrected chi connectivity index (χ1v) is 10.7. The van der Waals surface area contributed by atoms with Gasteiger partial charge in [0.25, 0.3) is 0 Å². The second-order valence-electron chi connectivity index (χ2n) is 8.29. The summed E-state index contributed by atoms with van der Waals surface area (Å²) in [6, 6.07) is 27.8. The monoisotopic (exact) mass is 392 g/mol. The summed E-state index contributed by atoms with van der Waals surface area (Å²) >= 11 is 0. The summed E-state index contributed by atoms with van der Waals surface area (Å²) in [6.45, 7) is 1.07. The minimum absolute atomic E-state index is 0.493. The van der Waals surface area contributed by atoms with Gasteiger partial charge in [0, 0.05) is 39.4 Å². The fourth-order valence-electron chi connectivity index (χ4n) is 5.10. The molecule has 0 saturated carbocycles. The molecule has 30 heavy (non-hydrogen) atoms. The highest BCUT2D eigenvalue weighted by atomic mass is 16.3. The Balaban J connectivity index is 1.29. The van der Waals surface area contributed by atoms with E-state index in [1.807, 2.05) is 0 Å². The third kappa shape index (κ3) is 2.70. The fraction of sp³-hybridized carbons (Fsp3) is 0.185. The van der Waals surface area contributed by atoms with Crippen molar-refractivity contribution in [2.45, 2.75) is 25.5 Å². The highest BCUT2D eigenvalue weighted by Gasteiger charge is 2.17. The van der Waals surface area contributed by atoms with Crippen LogP contribution >= 0.6 is 0 Å². The van der Waals surface area contributed by atoms with Gasteiger partial charge < -0.3 is 15.0 Å². The molecule has 0 saturated heterocycles. The number of hydrogen-bond donors (Lipinski definition) is 2. The van der Waals surface area contributed by atoms with Crippen LogP contribution in [0.15, 0.2) is 78.9 Å². The molecule has 0 fully saturated rings. The number of hydrogen-bond acceptors (Lipinski definition) is 2. The number of aliphatic hydroxyl groups excluding tert-OH is 1. The van der Waals surface area contributed by atoms with Crippen molar-refractivity contribution in [1.29, 1.82) is 0 Å². The fourth-order valence-corrected chi connectivity index (χ4v) is 5.10. The lowest BCUT2D eigenvalue weighted by atomic mass is 10.0. The molecule has 0 unspecified atom stereocenters. The molecule has 0 aliphatic heterocycles. The Morgan fingerprint density at radius 1 is 0.733 bits per heavy atom. The Bertz CT molecular complexity index is 1340. The van der Waals surface area contributed by atoms with Gasteiger partial charge in [-0.3, -0.25) is 0 Å². The second kappa shape index (κ2) is 6.89. The van der Waals surface area contributed by atoms with Crippen LogP contribution in [-0.4, -0.2) is 22.3 Å². The number of aryl methyl sites for hydroxylation is 2. The summed E-state index contributed by atoms with van der Waals surface area (Å²) in [7, 11) is 0. The molecular weight excluding hydrogens is 368 g/mol. The molecule has 148 valence electrons. The molecular formula is C27H24N2O. The number of nitrogens with zero attached hydrogens (tertiary/aromatic N) is 1. The van der Waals surface area contributed by atoms with Crippen LogP contribution in [0.1, 0.15) is 11.1 Å². The van der Waals surface area contributed by atoms with Crippen LogP contribution in [0.3, 0.4) is 0 Å².